The second-order valence-electron chi connectivity index (χ2n) is 11.5. The van der Waals surface area contributed by atoms with Gasteiger partial charge in [0.2, 0.25) is 0 Å². The SMILES string of the molecule is C=C(COCC(=O)OC)C1=C[C@H]2C[C@@H](OC3CCCCO3)[C@H](/C=C/[C@H](CCCCC)OC3CCCCO3)[C@H]2C1. The van der Waals surface area contributed by atoms with Crippen molar-refractivity contribution in [3.8, 4) is 0 Å². The molecule has 0 aromatic rings. The van der Waals surface area contributed by atoms with Crippen LogP contribution in [0.4, 0.5) is 0 Å². The van der Waals surface area contributed by atoms with Crippen molar-refractivity contribution in [2.24, 2.45) is 17.8 Å². The van der Waals surface area contributed by atoms with Crippen molar-refractivity contribution in [1.29, 1.82) is 0 Å². The summed E-state index contributed by atoms with van der Waals surface area (Å²) in [5, 5.41) is 0. The summed E-state index contributed by atoms with van der Waals surface area (Å²) in [7, 11) is 1.37. The maximum atomic E-state index is 11.4. The molecule has 0 aromatic heterocycles. The molecule has 39 heavy (non-hydrogen) atoms. The van der Waals surface area contributed by atoms with Crippen LogP contribution in [0.3, 0.4) is 0 Å². The molecule has 3 fully saturated rings. The van der Waals surface area contributed by atoms with Gasteiger partial charge in [0, 0.05) is 19.1 Å². The van der Waals surface area contributed by atoms with Crippen LogP contribution < -0.4 is 0 Å². The number of hydrogen-bond donors (Lipinski definition) is 0. The van der Waals surface area contributed by atoms with Crippen LogP contribution in [0.1, 0.15) is 84.0 Å². The molecule has 2 unspecified atom stereocenters. The van der Waals surface area contributed by atoms with E-state index in [1.165, 1.54) is 31.9 Å². The highest BCUT2D eigenvalue weighted by Gasteiger charge is 2.46. The Kier molecular flexibility index (Phi) is 12.5. The molecule has 0 radical (unpaired) electrons. The molecule has 7 heteroatoms. The number of hydrogen-bond acceptors (Lipinski definition) is 7. The molecule has 0 bridgehead atoms. The average molecular weight is 547 g/mol. The highest BCUT2D eigenvalue weighted by molar-refractivity contribution is 5.70. The minimum atomic E-state index is -0.371. The summed E-state index contributed by atoms with van der Waals surface area (Å²) in [6.45, 7) is 8.36. The van der Waals surface area contributed by atoms with Crippen LogP contribution in [0, 0.1) is 17.8 Å². The van der Waals surface area contributed by atoms with Gasteiger partial charge in [-0.2, -0.15) is 0 Å². The van der Waals surface area contributed by atoms with Gasteiger partial charge in [0.05, 0.1) is 25.9 Å². The first-order valence-corrected chi connectivity index (χ1v) is 15.3. The fourth-order valence-electron chi connectivity index (χ4n) is 6.39. The van der Waals surface area contributed by atoms with E-state index in [2.05, 4.69) is 36.5 Å². The van der Waals surface area contributed by atoms with Gasteiger partial charge in [-0.25, -0.2) is 4.79 Å². The molecule has 1 saturated carbocycles. The lowest BCUT2D eigenvalue weighted by Crippen LogP contribution is -2.31. The van der Waals surface area contributed by atoms with E-state index in [9.17, 15) is 4.79 Å². The maximum absolute atomic E-state index is 11.4. The third kappa shape index (κ3) is 9.25. The number of carbonyl (C=O) groups is 1. The number of fused-ring (bicyclic) bond motifs is 1. The minimum Gasteiger partial charge on any atom is -0.467 e. The maximum Gasteiger partial charge on any atom is 0.331 e. The van der Waals surface area contributed by atoms with Gasteiger partial charge >= 0.3 is 5.97 Å². The van der Waals surface area contributed by atoms with Crippen LogP contribution in [0.5, 0.6) is 0 Å². The summed E-state index contributed by atoms with van der Waals surface area (Å²) in [6, 6.07) is 0. The quantitative estimate of drug-likeness (QED) is 0.136. The van der Waals surface area contributed by atoms with Crippen molar-refractivity contribution >= 4 is 5.97 Å². The monoisotopic (exact) mass is 546 g/mol. The Morgan fingerprint density at radius 3 is 2.56 bits per heavy atom. The van der Waals surface area contributed by atoms with Crippen molar-refractivity contribution < 1.29 is 33.2 Å². The molecule has 220 valence electrons. The van der Waals surface area contributed by atoms with Gasteiger partial charge in [-0.3, -0.25) is 0 Å². The van der Waals surface area contributed by atoms with E-state index in [0.29, 0.717) is 18.4 Å². The van der Waals surface area contributed by atoms with Gasteiger partial charge < -0.3 is 28.4 Å². The van der Waals surface area contributed by atoms with Gasteiger partial charge in [0.15, 0.2) is 12.6 Å². The molecule has 2 aliphatic heterocycles. The largest absolute Gasteiger partial charge is 0.467 e. The lowest BCUT2D eigenvalue weighted by atomic mass is 9.88. The van der Waals surface area contributed by atoms with E-state index in [-0.39, 0.29) is 43.3 Å². The Hall–Kier alpha value is -1.51. The molecule has 2 heterocycles. The third-order valence-corrected chi connectivity index (χ3v) is 8.60. The van der Waals surface area contributed by atoms with Crippen LogP contribution in [0.15, 0.2) is 36.0 Å². The molecular weight excluding hydrogens is 496 g/mol. The summed E-state index contributed by atoms with van der Waals surface area (Å²) in [5.74, 6) is 0.790. The molecule has 0 N–H and O–H groups in total. The summed E-state index contributed by atoms with van der Waals surface area (Å²) >= 11 is 0. The van der Waals surface area contributed by atoms with Crippen molar-refractivity contribution in [3.05, 3.63) is 36.0 Å². The average Bonchev–Trinajstić information content (AvgIpc) is 3.50. The Balaban J connectivity index is 1.42. The fraction of sp³-hybridized carbons (Fsp3) is 0.781. The molecule has 4 aliphatic rings. The van der Waals surface area contributed by atoms with E-state index in [1.54, 1.807) is 0 Å². The van der Waals surface area contributed by atoms with Crippen LogP contribution >= 0.6 is 0 Å². The zero-order valence-corrected chi connectivity index (χ0v) is 24.2. The van der Waals surface area contributed by atoms with Gasteiger partial charge in [-0.05, 0) is 80.8 Å². The molecule has 0 spiro atoms. The lowest BCUT2D eigenvalue weighted by Gasteiger charge is -2.30. The standard InChI is InChI=1S/C32H50O7/c1-4-5-6-11-26(38-31-12-7-9-16-36-31)14-15-27-28-19-24(23(2)21-35-22-30(33)34-3)18-25(28)20-29(27)39-32-13-8-10-17-37-32/h14-15,18,25-29,31-32H,2,4-13,16-17,19-22H2,1,3H3/b15-14+/t25-,26-,27+,28-,29+,31?,32?/m0/s1. The zero-order valence-electron chi connectivity index (χ0n) is 24.2. The summed E-state index contributed by atoms with van der Waals surface area (Å²) in [4.78, 5) is 11.4. The van der Waals surface area contributed by atoms with E-state index < -0.39 is 0 Å². The fourth-order valence-corrected chi connectivity index (χ4v) is 6.39. The molecule has 2 aliphatic carbocycles. The van der Waals surface area contributed by atoms with E-state index in [0.717, 1.165) is 76.6 Å². The number of carbonyl (C=O) groups excluding carboxylic acids is 1. The number of unbranched alkanes of at least 4 members (excludes halogenated alkanes) is 2. The van der Waals surface area contributed by atoms with Crippen molar-refractivity contribution in [3.63, 3.8) is 0 Å². The Morgan fingerprint density at radius 1 is 1.10 bits per heavy atom. The Labute approximate surface area is 235 Å². The third-order valence-electron chi connectivity index (χ3n) is 8.60. The molecule has 4 rings (SSSR count). The van der Waals surface area contributed by atoms with Gasteiger partial charge in [-0.1, -0.05) is 51.0 Å². The van der Waals surface area contributed by atoms with Gasteiger partial charge in [-0.15, -0.1) is 0 Å². The molecule has 7 nitrogen and oxygen atoms in total. The summed E-state index contributed by atoms with van der Waals surface area (Å²) in [6.07, 6.45) is 20.0. The van der Waals surface area contributed by atoms with E-state index in [4.69, 9.17) is 23.7 Å². The zero-order chi connectivity index (χ0) is 27.5. The second-order valence-corrected chi connectivity index (χ2v) is 11.5. The summed E-state index contributed by atoms with van der Waals surface area (Å²) in [5.41, 5.74) is 2.19. The predicted molar refractivity (Wildman–Crippen MR) is 150 cm³/mol. The van der Waals surface area contributed by atoms with Crippen molar-refractivity contribution in [2.75, 3.05) is 33.5 Å². The molecular formula is C32H50O7. The van der Waals surface area contributed by atoms with Crippen LogP contribution in [0.25, 0.3) is 0 Å². The first-order chi connectivity index (χ1) is 19.1. The molecule has 2 saturated heterocycles. The van der Waals surface area contributed by atoms with E-state index >= 15 is 0 Å². The Morgan fingerprint density at radius 2 is 1.87 bits per heavy atom. The van der Waals surface area contributed by atoms with Gasteiger partial charge in [0.25, 0.3) is 0 Å². The first kappa shape index (κ1) is 30.4. The van der Waals surface area contributed by atoms with Crippen molar-refractivity contribution in [2.45, 2.75) is 109 Å². The number of allylic oxidation sites excluding steroid dienone is 1. The molecule has 0 amide bonds. The number of rotatable bonds is 15. The van der Waals surface area contributed by atoms with Gasteiger partial charge in [0.1, 0.15) is 6.61 Å². The topological polar surface area (TPSA) is 72.5 Å². The highest BCUT2D eigenvalue weighted by atomic mass is 16.7. The van der Waals surface area contributed by atoms with E-state index in [1.807, 2.05) is 0 Å². The smallest absolute Gasteiger partial charge is 0.331 e. The minimum absolute atomic E-state index is 0.0531. The predicted octanol–water partition coefficient (Wildman–Crippen LogP) is 6.27. The molecule has 7 atom stereocenters. The van der Waals surface area contributed by atoms with Crippen LogP contribution in [-0.4, -0.2) is 64.3 Å². The normalized spacial score (nSPS) is 31.7. The second kappa shape index (κ2) is 16.1. The number of methoxy groups -OCH3 is 1. The Bertz CT molecular complexity index is 824. The molecule has 0 aromatic carbocycles. The first-order valence-electron chi connectivity index (χ1n) is 15.3. The van der Waals surface area contributed by atoms with Crippen LogP contribution in [0.2, 0.25) is 0 Å². The number of esters is 1. The number of ether oxygens (including phenoxy) is 6. The van der Waals surface area contributed by atoms with Crippen molar-refractivity contribution in [1.82, 2.24) is 0 Å². The highest BCUT2D eigenvalue weighted by Crippen LogP contribution is 2.50. The summed E-state index contributed by atoms with van der Waals surface area (Å²) < 4.78 is 35.2. The van der Waals surface area contributed by atoms with Crippen LogP contribution in [-0.2, 0) is 33.2 Å². The lowest BCUT2D eigenvalue weighted by molar-refractivity contribution is -0.193.